The van der Waals surface area contributed by atoms with Crippen LogP contribution in [-0.4, -0.2) is 23.6 Å². The van der Waals surface area contributed by atoms with E-state index in [1.165, 1.54) is 22.7 Å². The Morgan fingerprint density at radius 1 is 1.35 bits per heavy atom. The highest BCUT2D eigenvalue weighted by Gasteiger charge is 2.16. The molecule has 2 aromatic rings. The van der Waals surface area contributed by atoms with Crippen LogP contribution < -0.4 is 10.1 Å². The minimum atomic E-state index is 0. The number of fused-ring (bicyclic) bond motifs is 1. The largest absolute Gasteiger partial charge is 0.472 e. The molecule has 0 spiro atoms. The molecule has 1 aromatic carbocycles. The van der Waals surface area contributed by atoms with Crippen LogP contribution in [0.25, 0.3) is 10.1 Å². The van der Waals surface area contributed by atoms with E-state index in [1.807, 2.05) is 12.1 Å². The molecule has 5 heteroatoms. The topological polar surface area (TPSA) is 34.1 Å². The van der Waals surface area contributed by atoms with Gasteiger partial charge in [0.2, 0.25) is 5.88 Å². The lowest BCUT2D eigenvalue weighted by Gasteiger charge is -2.22. The van der Waals surface area contributed by atoms with Gasteiger partial charge in [0, 0.05) is 6.54 Å². The quantitative estimate of drug-likeness (QED) is 0.911. The summed E-state index contributed by atoms with van der Waals surface area (Å²) in [6.45, 7) is 2.05. The third-order valence-corrected chi connectivity index (χ3v) is 3.68. The average Bonchev–Trinajstić information content (AvgIpc) is 2.74. The van der Waals surface area contributed by atoms with Gasteiger partial charge in [-0.2, -0.15) is 4.37 Å². The van der Waals surface area contributed by atoms with Crippen LogP contribution in [0.5, 0.6) is 5.88 Å². The zero-order valence-corrected chi connectivity index (χ0v) is 11.0. The summed E-state index contributed by atoms with van der Waals surface area (Å²) in [6.07, 6.45) is 2.59. The summed E-state index contributed by atoms with van der Waals surface area (Å²) in [4.78, 5) is 0. The van der Waals surface area contributed by atoms with Gasteiger partial charge in [-0.1, -0.05) is 12.1 Å². The number of benzene rings is 1. The van der Waals surface area contributed by atoms with E-state index in [0.29, 0.717) is 0 Å². The van der Waals surface area contributed by atoms with Crippen LogP contribution in [0, 0.1) is 0 Å². The molecule has 0 amide bonds. The number of hydrogen-bond acceptors (Lipinski definition) is 4. The van der Waals surface area contributed by atoms with Crippen LogP contribution in [0.3, 0.4) is 0 Å². The van der Waals surface area contributed by atoms with E-state index in [4.69, 9.17) is 4.74 Å². The SMILES string of the molecule is Cl.c1ccc2c(O[C@@H]3CCCNC3)nsc2c1. The van der Waals surface area contributed by atoms with Crippen molar-refractivity contribution >= 4 is 34.0 Å². The molecule has 0 unspecified atom stereocenters. The fraction of sp³-hybridized carbons (Fsp3) is 0.417. The lowest BCUT2D eigenvalue weighted by atomic mass is 10.1. The average molecular weight is 271 g/mol. The van der Waals surface area contributed by atoms with Crippen molar-refractivity contribution in [2.75, 3.05) is 13.1 Å². The van der Waals surface area contributed by atoms with Gasteiger partial charge in [0.15, 0.2) is 0 Å². The number of nitrogens with one attached hydrogen (secondary N) is 1. The first kappa shape index (κ1) is 12.6. The summed E-state index contributed by atoms with van der Waals surface area (Å²) in [6, 6.07) is 8.22. The molecule has 1 aromatic heterocycles. The fourth-order valence-corrected chi connectivity index (χ4v) is 2.74. The van der Waals surface area contributed by atoms with Crippen molar-refractivity contribution in [2.24, 2.45) is 0 Å². The predicted molar refractivity (Wildman–Crippen MR) is 73.4 cm³/mol. The highest BCUT2D eigenvalue weighted by Crippen LogP contribution is 2.29. The summed E-state index contributed by atoms with van der Waals surface area (Å²) in [7, 11) is 0. The third-order valence-electron chi connectivity index (χ3n) is 2.87. The van der Waals surface area contributed by atoms with E-state index in [0.717, 1.165) is 30.8 Å². The molecular formula is C12H15ClN2OS. The number of rotatable bonds is 2. The van der Waals surface area contributed by atoms with Crippen molar-refractivity contribution in [3.63, 3.8) is 0 Å². The maximum Gasteiger partial charge on any atom is 0.233 e. The number of hydrogen-bond donors (Lipinski definition) is 1. The lowest BCUT2D eigenvalue weighted by Crippen LogP contribution is -2.37. The molecule has 1 fully saturated rings. The summed E-state index contributed by atoms with van der Waals surface area (Å²) in [5, 5.41) is 4.48. The van der Waals surface area contributed by atoms with Crippen molar-refractivity contribution in [3.8, 4) is 5.88 Å². The van der Waals surface area contributed by atoms with Gasteiger partial charge in [-0.3, -0.25) is 0 Å². The van der Waals surface area contributed by atoms with Gasteiger partial charge >= 0.3 is 0 Å². The molecular weight excluding hydrogens is 256 g/mol. The van der Waals surface area contributed by atoms with Crippen molar-refractivity contribution in [1.29, 1.82) is 0 Å². The molecule has 2 heterocycles. The van der Waals surface area contributed by atoms with E-state index < -0.39 is 0 Å². The Bertz CT molecular complexity index is 482. The van der Waals surface area contributed by atoms with E-state index in [1.54, 1.807) is 0 Å². The number of ether oxygens (including phenoxy) is 1. The van der Waals surface area contributed by atoms with E-state index in [9.17, 15) is 0 Å². The van der Waals surface area contributed by atoms with Crippen molar-refractivity contribution in [3.05, 3.63) is 24.3 Å². The first-order valence-electron chi connectivity index (χ1n) is 5.65. The molecule has 3 rings (SSSR count). The second-order valence-corrected chi connectivity index (χ2v) is 4.88. The van der Waals surface area contributed by atoms with Crippen molar-refractivity contribution in [2.45, 2.75) is 18.9 Å². The molecule has 3 nitrogen and oxygen atoms in total. The van der Waals surface area contributed by atoms with Gasteiger partial charge < -0.3 is 10.1 Å². The fourth-order valence-electron chi connectivity index (χ4n) is 2.03. The Morgan fingerprint density at radius 2 is 2.24 bits per heavy atom. The number of aromatic nitrogens is 1. The third kappa shape index (κ3) is 2.70. The first-order chi connectivity index (χ1) is 7.93. The highest BCUT2D eigenvalue weighted by atomic mass is 35.5. The Morgan fingerprint density at radius 3 is 3.06 bits per heavy atom. The van der Waals surface area contributed by atoms with Crippen LogP contribution in [0.4, 0.5) is 0 Å². The number of halogens is 1. The Hall–Kier alpha value is -0.840. The first-order valence-corrected chi connectivity index (χ1v) is 6.42. The predicted octanol–water partition coefficient (Wildman–Crippen LogP) is 2.85. The second-order valence-electron chi connectivity index (χ2n) is 4.07. The zero-order valence-electron chi connectivity index (χ0n) is 9.39. The Kier molecular flexibility index (Phi) is 4.20. The van der Waals surface area contributed by atoms with Gasteiger partial charge in [0.05, 0.1) is 10.1 Å². The van der Waals surface area contributed by atoms with E-state index in [-0.39, 0.29) is 18.5 Å². The van der Waals surface area contributed by atoms with Crippen LogP contribution in [0.15, 0.2) is 24.3 Å². The minimum absolute atomic E-state index is 0. The molecule has 17 heavy (non-hydrogen) atoms. The lowest BCUT2D eigenvalue weighted by molar-refractivity contribution is 0.164. The summed E-state index contributed by atoms with van der Waals surface area (Å²) >= 11 is 1.51. The van der Waals surface area contributed by atoms with Gasteiger partial charge in [0.25, 0.3) is 0 Å². The molecule has 0 aliphatic carbocycles. The Labute approximate surface area is 111 Å². The molecule has 0 radical (unpaired) electrons. The van der Waals surface area contributed by atoms with Gasteiger partial charge in [-0.15, -0.1) is 12.4 Å². The summed E-state index contributed by atoms with van der Waals surface area (Å²) in [5.74, 6) is 0.800. The maximum atomic E-state index is 5.95. The number of piperidine rings is 1. The second kappa shape index (κ2) is 5.67. The molecule has 1 N–H and O–H groups in total. The smallest absolute Gasteiger partial charge is 0.233 e. The maximum absolute atomic E-state index is 5.95. The van der Waals surface area contributed by atoms with Gasteiger partial charge in [-0.05, 0) is 43.1 Å². The van der Waals surface area contributed by atoms with Crippen molar-refractivity contribution < 1.29 is 4.74 Å². The van der Waals surface area contributed by atoms with Crippen LogP contribution in [0.2, 0.25) is 0 Å². The van der Waals surface area contributed by atoms with Gasteiger partial charge in [0.1, 0.15) is 6.10 Å². The van der Waals surface area contributed by atoms with Crippen molar-refractivity contribution in [1.82, 2.24) is 9.69 Å². The van der Waals surface area contributed by atoms with Crippen LogP contribution in [-0.2, 0) is 0 Å². The molecule has 1 saturated heterocycles. The molecule has 0 bridgehead atoms. The highest BCUT2D eigenvalue weighted by molar-refractivity contribution is 7.13. The van der Waals surface area contributed by atoms with Crippen LogP contribution in [0.1, 0.15) is 12.8 Å². The van der Waals surface area contributed by atoms with E-state index >= 15 is 0 Å². The zero-order chi connectivity index (χ0) is 10.8. The Balaban J connectivity index is 0.00000108. The molecule has 92 valence electrons. The van der Waals surface area contributed by atoms with Crippen LogP contribution >= 0.6 is 23.9 Å². The molecule has 0 saturated carbocycles. The minimum Gasteiger partial charge on any atom is -0.472 e. The molecule has 1 aliphatic rings. The summed E-state index contributed by atoms with van der Waals surface area (Å²) < 4.78 is 11.5. The molecule has 1 aliphatic heterocycles. The molecule has 1 atom stereocenters. The van der Waals surface area contributed by atoms with Gasteiger partial charge in [-0.25, -0.2) is 0 Å². The normalized spacial score (nSPS) is 19.9. The monoisotopic (exact) mass is 270 g/mol. The van der Waals surface area contributed by atoms with E-state index in [2.05, 4.69) is 21.8 Å². The number of nitrogens with zero attached hydrogens (tertiary/aromatic N) is 1. The standard InChI is InChI=1S/C12H14N2OS.ClH/c1-2-6-11-10(5-1)12(14-16-11)15-9-4-3-7-13-8-9;/h1-2,5-6,9,13H,3-4,7-8H2;1H/t9-;/m1./s1. The summed E-state index contributed by atoms with van der Waals surface area (Å²) in [5.41, 5.74) is 0.